The minimum absolute atomic E-state index is 0.389. The second-order valence-corrected chi connectivity index (χ2v) is 5.51. The van der Waals surface area contributed by atoms with Gasteiger partial charge in [0.2, 0.25) is 0 Å². The highest BCUT2D eigenvalue weighted by Gasteiger charge is 2.21. The zero-order valence-electron chi connectivity index (χ0n) is 12.6. The molecule has 0 heterocycles. The number of likely N-dealkylation sites (N-methyl/N-ethyl adjacent to an activating group) is 1. The smallest absolute Gasteiger partial charge is 0.321 e. The lowest BCUT2D eigenvalue weighted by Crippen LogP contribution is -2.43. The predicted octanol–water partition coefficient (Wildman–Crippen LogP) is 3.83. The van der Waals surface area contributed by atoms with Gasteiger partial charge in [-0.2, -0.15) is 12.6 Å². The summed E-state index contributed by atoms with van der Waals surface area (Å²) in [4.78, 5) is 13.1. The normalized spacial score (nSPS) is 12.8. The molecule has 0 unspecified atom stereocenters. The monoisotopic (exact) mass is 289 g/mol. The first-order valence-corrected chi connectivity index (χ1v) is 8.38. The third kappa shape index (κ3) is 9.33. The number of hydrogen-bond acceptors (Lipinski definition) is 3. The van der Waals surface area contributed by atoms with E-state index in [4.69, 9.17) is 5.11 Å². The van der Waals surface area contributed by atoms with Gasteiger partial charge in [-0.25, -0.2) is 0 Å². The maximum atomic E-state index is 11.1. The van der Waals surface area contributed by atoms with Crippen molar-refractivity contribution in [2.45, 2.75) is 71.3 Å². The average Bonchev–Trinajstić information content (AvgIpc) is 2.40. The van der Waals surface area contributed by atoms with Crippen molar-refractivity contribution >= 4 is 18.6 Å². The lowest BCUT2D eigenvalue weighted by molar-refractivity contribution is -0.142. The Kier molecular flexibility index (Phi) is 12.6. The molecule has 0 amide bonds. The highest BCUT2D eigenvalue weighted by Crippen LogP contribution is 2.10. The summed E-state index contributed by atoms with van der Waals surface area (Å²) in [5.74, 6) is -0.364. The van der Waals surface area contributed by atoms with Crippen LogP contribution in [0.25, 0.3) is 0 Å². The average molecular weight is 289 g/mol. The molecule has 0 rings (SSSR count). The molecule has 0 fully saturated rings. The Morgan fingerprint density at radius 3 is 2.00 bits per heavy atom. The first-order valence-electron chi connectivity index (χ1n) is 7.75. The van der Waals surface area contributed by atoms with Crippen LogP contribution in [0.4, 0.5) is 0 Å². The lowest BCUT2D eigenvalue weighted by Gasteiger charge is -2.26. The Hall–Kier alpha value is -0.220. The van der Waals surface area contributed by atoms with Crippen LogP contribution in [0.1, 0.15) is 65.2 Å². The number of carbonyl (C=O) groups is 1. The molecule has 0 aromatic rings. The van der Waals surface area contributed by atoms with Crippen LogP contribution in [0.15, 0.2) is 0 Å². The fourth-order valence-electron chi connectivity index (χ4n) is 2.33. The van der Waals surface area contributed by atoms with Crippen LogP contribution in [0.2, 0.25) is 0 Å². The Morgan fingerprint density at radius 1 is 1.05 bits per heavy atom. The third-order valence-corrected chi connectivity index (χ3v) is 3.95. The summed E-state index contributed by atoms with van der Waals surface area (Å²) in [6, 6.07) is -0.433. The standard InChI is InChI=1S/C15H31NO2S/c1-3-5-6-7-8-9-10-11-12-16(4-2)14(13-19)15(17)18/h14,19H,3-13H2,1-2H3,(H,17,18)/t14-/m0/s1. The van der Waals surface area contributed by atoms with Crippen molar-refractivity contribution < 1.29 is 9.90 Å². The van der Waals surface area contributed by atoms with E-state index in [1.807, 2.05) is 11.8 Å². The van der Waals surface area contributed by atoms with Crippen molar-refractivity contribution in [1.82, 2.24) is 4.90 Å². The van der Waals surface area contributed by atoms with E-state index >= 15 is 0 Å². The molecular weight excluding hydrogens is 258 g/mol. The van der Waals surface area contributed by atoms with Crippen molar-refractivity contribution in [1.29, 1.82) is 0 Å². The molecular formula is C15H31NO2S. The van der Waals surface area contributed by atoms with E-state index in [0.29, 0.717) is 5.75 Å². The van der Waals surface area contributed by atoms with E-state index in [0.717, 1.165) is 19.5 Å². The fraction of sp³-hybridized carbons (Fsp3) is 0.933. The maximum Gasteiger partial charge on any atom is 0.321 e. The molecule has 0 aliphatic heterocycles. The van der Waals surface area contributed by atoms with E-state index in [1.54, 1.807) is 0 Å². The van der Waals surface area contributed by atoms with Gasteiger partial charge in [0.15, 0.2) is 0 Å². The largest absolute Gasteiger partial charge is 0.480 e. The molecule has 0 aliphatic carbocycles. The maximum absolute atomic E-state index is 11.1. The molecule has 4 heteroatoms. The first kappa shape index (κ1) is 18.8. The van der Waals surface area contributed by atoms with E-state index in [2.05, 4.69) is 19.6 Å². The van der Waals surface area contributed by atoms with Gasteiger partial charge in [0.1, 0.15) is 6.04 Å². The minimum Gasteiger partial charge on any atom is -0.480 e. The van der Waals surface area contributed by atoms with Gasteiger partial charge < -0.3 is 5.11 Å². The van der Waals surface area contributed by atoms with Crippen molar-refractivity contribution in [3.63, 3.8) is 0 Å². The zero-order valence-corrected chi connectivity index (χ0v) is 13.5. The molecule has 1 atom stereocenters. The van der Waals surface area contributed by atoms with Gasteiger partial charge in [0.25, 0.3) is 0 Å². The van der Waals surface area contributed by atoms with Crippen molar-refractivity contribution in [2.75, 3.05) is 18.8 Å². The van der Waals surface area contributed by atoms with Crippen LogP contribution >= 0.6 is 12.6 Å². The van der Waals surface area contributed by atoms with Crippen molar-refractivity contribution in [2.24, 2.45) is 0 Å². The van der Waals surface area contributed by atoms with Crippen LogP contribution in [-0.4, -0.2) is 40.9 Å². The summed E-state index contributed by atoms with van der Waals surface area (Å²) in [5, 5.41) is 9.11. The Morgan fingerprint density at radius 2 is 1.58 bits per heavy atom. The molecule has 1 N–H and O–H groups in total. The van der Waals surface area contributed by atoms with Gasteiger partial charge in [0.05, 0.1) is 0 Å². The number of carboxylic acids is 1. The summed E-state index contributed by atoms with van der Waals surface area (Å²) in [7, 11) is 0. The quantitative estimate of drug-likeness (QED) is 0.400. The van der Waals surface area contributed by atoms with E-state index in [9.17, 15) is 4.79 Å². The van der Waals surface area contributed by atoms with Crippen molar-refractivity contribution in [3.8, 4) is 0 Å². The van der Waals surface area contributed by atoms with E-state index in [1.165, 1.54) is 44.9 Å². The molecule has 0 saturated carbocycles. The van der Waals surface area contributed by atoms with Gasteiger partial charge in [-0.1, -0.05) is 58.8 Å². The summed E-state index contributed by atoms with van der Waals surface area (Å²) in [6.07, 6.45) is 10.3. The van der Waals surface area contributed by atoms with Gasteiger partial charge in [-0.05, 0) is 19.5 Å². The van der Waals surface area contributed by atoms with Crippen LogP contribution in [-0.2, 0) is 4.79 Å². The van der Waals surface area contributed by atoms with Gasteiger partial charge >= 0.3 is 5.97 Å². The topological polar surface area (TPSA) is 40.5 Å². The molecule has 3 nitrogen and oxygen atoms in total. The summed E-state index contributed by atoms with van der Waals surface area (Å²) >= 11 is 4.14. The van der Waals surface area contributed by atoms with Crippen LogP contribution in [0.5, 0.6) is 0 Å². The molecule has 0 radical (unpaired) electrons. The number of aliphatic carboxylic acids is 1. The number of rotatable bonds is 13. The van der Waals surface area contributed by atoms with Gasteiger partial charge in [0, 0.05) is 5.75 Å². The second kappa shape index (κ2) is 12.8. The Bertz CT molecular complexity index is 224. The van der Waals surface area contributed by atoms with Gasteiger partial charge in [-0.15, -0.1) is 0 Å². The molecule has 0 spiro atoms. The Balaban J connectivity index is 3.64. The lowest BCUT2D eigenvalue weighted by atomic mass is 10.1. The predicted molar refractivity (Wildman–Crippen MR) is 85.1 cm³/mol. The summed E-state index contributed by atoms with van der Waals surface area (Å²) < 4.78 is 0. The molecule has 19 heavy (non-hydrogen) atoms. The van der Waals surface area contributed by atoms with Gasteiger partial charge in [-0.3, -0.25) is 9.69 Å². The molecule has 0 aliphatic rings. The molecule has 0 bridgehead atoms. The molecule has 0 saturated heterocycles. The number of thiol groups is 1. The number of nitrogens with zero attached hydrogens (tertiary/aromatic N) is 1. The summed E-state index contributed by atoms with van der Waals surface area (Å²) in [6.45, 7) is 5.92. The van der Waals surface area contributed by atoms with Crippen LogP contribution in [0, 0.1) is 0 Å². The fourth-order valence-corrected chi connectivity index (χ4v) is 2.72. The molecule has 0 aromatic carbocycles. The number of carboxylic acid groups (broad SMARTS) is 1. The van der Waals surface area contributed by atoms with E-state index in [-0.39, 0.29) is 0 Å². The number of hydrogen-bond donors (Lipinski definition) is 2. The van der Waals surface area contributed by atoms with Crippen molar-refractivity contribution in [3.05, 3.63) is 0 Å². The number of unbranched alkanes of at least 4 members (excludes halogenated alkanes) is 7. The summed E-state index contributed by atoms with van der Waals surface area (Å²) in [5.41, 5.74) is 0. The Labute approximate surface area is 124 Å². The van der Waals surface area contributed by atoms with E-state index < -0.39 is 12.0 Å². The second-order valence-electron chi connectivity index (χ2n) is 5.14. The molecule has 0 aromatic heterocycles. The third-order valence-electron chi connectivity index (χ3n) is 3.60. The van der Waals surface area contributed by atoms with Crippen LogP contribution < -0.4 is 0 Å². The minimum atomic E-state index is -0.753. The highest BCUT2D eigenvalue weighted by molar-refractivity contribution is 7.80. The molecule has 114 valence electrons. The zero-order chi connectivity index (χ0) is 14.5. The highest BCUT2D eigenvalue weighted by atomic mass is 32.1. The van der Waals surface area contributed by atoms with Crippen LogP contribution in [0.3, 0.4) is 0 Å². The first-order chi connectivity index (χ1) is 9.17. The SMILES string of the molecule is CCCCCCCCCCN(CC)[C@@H](CS)C(=O)O.